The number of fused-ring (bicyclic) bond motifs is 1. The summed E-state index contributed by atoms with van der Waals surface area (Å²) in [6, 6.07) is -0.810. The van der Waals surface area contributed by atoms with Crippen LogP contribution in [0.25, 0.3) is 5.03 Å². The van der Waals surface area contributed by atoms with E-state index in [9.17, 15) is 14.4 Å². The van der Waals surface area contributed by atoms with Gasteiger partial charge in [-0.3, -0.25) is 14.3 Å². The molecule has 1 fully saturated rings. The van der Waals surface area contributed by atoms with Crippen molar-refractivity contribution in [1.82, 2.24) is 19.8 Å². The number of halogens is 3. The molecule has 172 valence electrons. The van der Waals surface area contributed by atoms with Gasteiger partial charge in [0.2, 0.25) is 0 Å². The van der Waals surface area contributed by atoms with Crippen LogP contribution in [0, 0.1) is 0 Å². The Morgan fingerprint density at radius 3 is 2.55 bits per heavy atom. The van der Waals surface area contributed by atoms with Crippen molar-refractivity contribution in [1.29, 1.82) is 0 Å². The second-order valence-corrected chi connectivity index (χ2v) is 9.55. The number of likely N-dealkylation sites (tertiary alicyclic amines) is 1. The molecule has 1 atom stereocenters. The molecule has 0 radical (unpaired) electrons. The monoisotopic (exact) mass is 460 g/mol. The summed E-state index contributed by atoms with van der Waals surface area (Å²) >= 11 is 6.44. The van der Waals surface area contributed by atoms with E-state index in [2.05, 4.69) is 10.3 Å². The van der Waals surface area contributed by atoms with Gasteiger partial charge in [0.1, 0.15) is 11.3 Å². The number of hydrogen-bond acceptors (Lipinski definition) is 5. The van der Waals surface area contributed by atoms with Gasteiger partial charge in [-0.25, -0.2) is 9.59 Å². The molecule has 1 aromatic heterocycles. The molecular weight excluding hydrogens is 434 g/mol. The molecule has 31 heavy (non-hydrogen) atoms. The minimum atomic E-state index is -3.41. The molecule has 8 nitrogen and oxygen atoms in total. The Morgan fingerprint density at radius 1 is 1.32 bits per heavy atom. The molecule has 0 saturated carbocycles. The summed E-state index contributed by atoms with van der Waals surface area (Å²) in [5, 5.41) is 2.37. The lowest BCUT2D eigenvalue weighted by Crippen LogP contribution is -2.45. The summed E-state index contributed by atoms with van der Waals surface area (Å²) < 4.78 is 36.7. The van der Waals surface area contributed by atoms with Gasteiger partial charge in [-0.1, -0.05) is 11.6 Å². The van der Waals surface area contributed by atoms with Gasteiger partial charge in [-0.2, -0.15) is 8.78 Å². The lowest BCUT2D eigenvalue weighted by Gasteiger charge is -2.35. The van der Waals surface area contributed by atoms with Crippen LogP contribution in [0.15, 0.2) is 15.3 Å². The van der Waals surface area contributed by atoms with E-state index in [0.29, 0.717) is 6.42 Å². The first-order chi connectivity index (χ1) is 14.2. The SMILES string of the molecule is CC(C)n1c2c(c(=O)[nH]c1=O)CC(F)(F)C(N1CCC(NC(=O)OC(C)(C)C)C1)=C2Cl. The van der Waals surface area contributed by atoms with E-state index in [1.165, 1.54) is 9.47 Å². The average molecular weight is 461 g/mol. The number of carbonyl (C=O) groups is 1. The number of aromatic amines is 1. The lowest BCUT2D eigenvalue weighted by atomic mass is 9.95. The number of ether oxygens (including phenoxy) is 1. The maximum absolute atomic E-state index is 15.1. The molecule has 1 aliphatic carbocycles. The number of nitrogens with zero attached hydrogens (tertiary/aromatic N) is 2. The minimum Gasteiger partial charge on any atom is -0.444 e. The Bertz CT molecular complexity index is 1040. The van der Waals surface area contributed by atoms with Gasteiger partial charge < -0.3 is 15.0 Å². The van der Waals surface area contributed by atoms with E-state index in [-0.39, 0.29) is 29.4 Å². The van der Waals surface area contributed by atoms with Gasteiger partial charge >= 0.3 is 11.8 Å². The van der Waals surface area contributed by atoms with E-state index in [1.807, 2.05) is 0 Å². The highest BCUT2D eigenvalue weighted by Crippen LogP contribution is 2.44. The molecule has 0 bridgehead atoms. The van der Waals surface area contributed by atoms with Crippen LogP contribution in [-0.2, 0) is 11.2 Å². The van der Waals surface area contributed by atoms with Crippen molar-refractivity contribution in [3.63, 3.8) is 0 Å². The summed E-state index contributed by atoms with van der Waals surface area (Å²) in [6.07, 6.45) is -1.07. The lowest BCUT2D eigenvalue weighted by molar-refractivity contribution is 0.0132. The molecule has 0 aromatic carbocycles. The number of amides is 1. The van der Waals surface area contributed by atoms with E-state index >= 15 is 8.78 Å². The van der Waals surface area contributed by atoms with Crippen LogP contribution in [0.1, 0.15) is 58.3 Å². The maximum Gasteiger partial charge on any atom is 0.407 e. The van der Waals surface area contributed by atoms with Crippen molar-refractivity contribution >= 4 is 22.7 Å². The van der Waals surface area contributed by atoms with Gasteiger partial charge in [-0.05, 0) is 41.0 Å². The molecule has 11 heteroatoms. The second kappa shape index (κ2) is 7.96. The number of hydrogen-bond donors (Lipinski definition) is 2. The summed E-state index contributed by atoms with van der Waals surface area (Å²) in [7, 11) is 0. The van der Waals surface area contributed by atoms with Gasteiger partial charge in [0, 0.05) is 24.7 Å². The number of alkyl carbamates (subject to hydrolysis) is 1. The van der Waals surface area contributed by atoms with Crippen LogP contribution in [0.4, 0.5) is 13.6 Å². The quantitative estimate of drug-likeness (QED) is 0.723. The summed E-state index contributed by atoms with van der Waals surface area (Å²) in [5.74, 6) is -3.41. The fourth-order valence-corrected chi connectivity index (χ4v) is 4.45. The van der Waals surface area contributed by atoms with Crippen molar-refractivity contribution in [3.05, 3.63) is 37.8 Å². The summed E-state index contributed by atoms with van der Waals surface area (Å²) in [5.41, 5.74) is -2.87. The number of alkyl halides is 2. The van der Waals surface area contributed by atoms with E-state index < -0.39 is 53.1 Å². The third-order valence-corrected chi connectivity index (χ3v) is 5.50. The largest absolute Gasteiger partial charge is 0.444 e. The van der Waals surface area contributed by atoms with Crippen LogP contribution < -0.4 is 16.6 Å². The van der Waals surface area contributed by atoms with Crippen LogP contribution in [0.2, 0.25) is 0 Å². The molecule has 1 saturated heterocycles. The molecular formula is C20H27ClF2N4O4. The number of H-pyrrole nitrogens is 1. The number of aromatic nitrogens is 2. The summed E-state index contributed by atoms with van der Waals surface area (Å²) in [4.78, 5) is 40.1. The Morgan fingerprint density at radius 2 is 1.97 bits per heavy atom. The molecule has 1 unspecified atom stereocenters. The molecule has 1 aliphatic heterocycles. The molecule has 2 heterocycles. The Kier molecular flexibility index (Phi) is 5.98. The maximum atomic E-state index is 15.1. The van der Waals surface area contributed by atoms with Crippen LogP contribution in [0.3, 0.4) is 0 Å². The molecule has 3 rings (SSSR count). The average Bonchev–Trinajstić information content (AvgIpc) is 3.01. The van der Waals surface area contributed by atoms with Crippen LogP contribution >= 0.6 is 11.6 Å². The number of carbonyl (C=O) groups excluding carboxylic acids is 1. The first-order valence-corrected chi connectivity index (χ1v) is 10.5. The van der Waals surface area contributed by atoms with Crippen molar-refractivity contribution in [3.8, 4) is 0 Å². The second-order valence-electron chi connectivity index (χ2n) is 9.17. The Hall–Kier alpha value is -2.36. The van der Waals surface area contributed by atoms with Crippen molar-refractivity contribution in [2.75, 3.05) is 13.1 Å². The van der Waals surface area contributed by atoms with Crippen LogP contribution in [0.5, 0.6) is 0 Å². The summed E-state index contributed by atoms with van der Waals surface area (Å²) in [6.45, 7) is 8.92. The van der Waals surface area contributed by atoms with E-state index in [0.717, 1.165) is 0 Å². The third kappa shape index (κ3) is 4.63. The van der Waals surface area contributed by atoms with Crippen molar-refractivity contribution in [2.45, 2.75) is 71.1 Å². The Labute approximate surface area is 183 Å². The predicted molar refractivity (Wildman–Crippen MR) is 112 cm³/mol. The smallest absolute Gasteiger partial charge is 0.407 e. The molecule has 1 amide bonds. The Balaban J connectivity index is 1.97. The first-order valence-electron chi connectivity index (χ1n) is 10.1. The fraction of sp³-hybridized carbons (Fsp3) is 0.650. The van der Waals surface area contributed by atoms with E-state index in [1.54, 1.807) is 34.6 Å². The molecule has 2 aliphatic rings. The topological polar surface area (TPSA) is 96.4 Å². The number of allylic oxidation sites excluding steroid dienone is 1. The predicted octanol–water partition coefficient (Wildman–Crippen LogP) is 2.82. The van der Waals surface area contributed by atoms with Crippen molar-refractivity contribution in [2.24, 2.45) is 0 Å². The van der Waals surface area contributed by atoms with Gasteiger partial charge in [-0.15, -0.1) is 0 Å². The van der Waals surface area contributed by atoms with Gasteiger partial charge in [0.15, 0.2) is 0 Å². The normalized spacial score (nSPS) is 20.8. The van der Waals surface area contributed by atoms with Gasteiger partial charge in [0.05, 0.1) is 23.2 Å². The molecule has 1 aromatic rings. The third-order valence-electron chi connectivity index (χ3n) is 5.14. The fourth-order valence-electron chi connectivity index (χ4n) is 3.99. The standard InChI is InChI=1S/C20H27ClF2N4O4/c1-10(2)27-14-12(16(28)25-17(27)29)8-20(22,23)15(13(14)21)26-7-6-11(9-26)24-18(30)31-19(3,4)5/h10-11H,6-9H2,1-5H3,(H,24,30)(H,25,28,29). The zero-order valence-electron chi connectivity index (χ0n) is 18.1. The van der Waals surface area contributed by atoms with Crippen molar-refractivity contribution < 1.29 is 18.3 Å². The zero-order chi connectivity index (χ0) is 23.3. The number of nitrogens with one attached hydrogen (secondary N) is 2. The minimum absolute atomic E-state index is 0.0230. The zero-order valence-corrected chi connectivity index (χ0v) is 18.9. The van der Waals surface area contributed by atoms with Gasteiger partial charge in [0.25, 0.3) is 11.5 Å². The highest BCUT2D eigenvalue weighted by atomic mass is 35.5. The molecule has 2 N–H and O–H groups in total. The first kappa shape index (κ1) is 23.3. The highest BCUT2D eigenvalue weighted by Gasteiger charge is 2.48. The van der Waals surface area contributed by atoms with Crippen LogP contribution in [-0.4, -0.2) is 51.2 Å². The molecule has 0 spiro atoms. The van der Waals surface area contributed by atoms with E-state index in [4.69, 9.17) is 16.3 Å². The number of rotatable bonds is 3. The highest BCUT2D eigenvalue weighted by molar-refractivity contribution is 6.49.